The average Bonchev–Trinajstić information content (AvgIpc) is 2.90. The Kier molecular flexibility index (Phi) is 9.41. The van der Waals surface area contributed by atoms with E-state index in [2.05, 4.69) is 5.32 Å². The maximum absolute atomic E-state index is 13.9. The number of carbonyl (C=O) groups is 2. The monoisotopic (exact) mass is 568 g/mol. The SMILES string of the molecule is CC(C)(C)NC(=O)[C@@H](Cc1ccccc1)N(Cc1c(Cl)cccc1Cl)C(=O)CCc1ccc2c(c1)OCCO2. The third-order valence-electron chi connectivity index (χ3n) is 6.39. The Morgan fingerprint density at radius 2 is 1.56 bits per heavy atom. The molecule has 39 heavy (non-hydrogen) atoms. The van der Waals surface area contributed by atoms with Gasteiger partial charge in [-0.25, -0.2) is 0 Å². The number of ether oxygens (including phenoxy) is 2. The first-order valence-electron chi connectivity index (χ1n) is 13.1. The number of carbonyl (C=O) groups excluding carboxylic acids is 2. The molecule has 8 heteroatoms. The third-order valence-corrected chi connectivity index (χ3v) is 7.10. The molecule has 1 aliphatic heterocycles. The molecular formula is C31H34Cl2N2O4. The van der Waals surface area contributed by atoms with E-state index in [0.717, 1.165) is 11.1 Å². The standard InChI is InChI=1S/C31H34Cl2N2O4/c1-31(2,3)34-30(37)26(18-21-8-5-4-6-9-21)35(20-23-24(32)10-7-11-25(23)33)29(36)15-13-22-12-14-27-28(19-22)39-17-16-38-27/h4-12,14,19,26H,13,15-18,20H2,1-3H3,(H,34,37)/t26-/m1/s1. The summed E-state index contributed by atoms with van der Waals surface area (Å²) in [5.41, 5.74) is 2.02. The molecule has 2 amide bonds. The second-order valence-corrected chi connectivity index (χ2v) is 11.5. The van der Waals surface area contributed by atoms with Gasteiger partial charge in [0.1, 0.15) is 19.3 Å². The van der Waals surface area contributed by atoms with Crippen LogP contribution in [-0.2, 0) is 29.0 Å². The second kappa shape index (κ2) is 12.8. The lowest BCUT2D eigenvalue weighted by Crippen LogP contribution is -2.54. The molecule has 0 fully saturated rings. The number of amides is 2. The van der Waals surface area contributed by atoms with Crippen molar-refractivity contribution in [2.45, 2.75) is 58.2 Å². The number of hydrogen-bond acceptors (Lipinski definition) is 4. The highest BCUT2D eigenvalue weighted by atomic mass is 35.5. The second-order valence-electron chi connectivity index (χ2n) is 10.6. The first-order valence-corrected chi connectivity index (χ1v) is 13.8. The van der Waals surface area contributed by atoms with Crippen molar-refractivity contribution in [1.29, 1.82) is 0 Å². The number of hydrogen-bond donors (Lipinski definition) is 1. The van der Waals surface area contributed by atoms with Crippen molar-refractivity contribution in [2.24, 2.45) is 0 Å². The van der Waals surface area contributed by atoms with E-state index in [9.17, 15) is 9.59 Å². The predicted octanol–water partition coefficient (Wildman–Crippen LogP) is 6.25. The highest BCUT2D eigenvalue weighted by Gasteiger charge is 2.33. The van der Waals surface area contributed by atoms with Gasteiger partial charge in [0.2, 0.25) is 11.8 Å². The lowest BCUT2D eigenvalue weighted by Gasteiger charge is -2.34. The van der Waals surface area contributed by atoms with Gasteiger partial charge in [-0.15, -0.1) is 0 Å². The van der Waals surface area contributed by atoms with E-state index < -0.39 is 11.6 Å². The molecule has 4 rings (SSSR count). The number of nitrogens with zero attached hydrogens (tertiary/aromatic N) is 1. The molecule has 1 atom stereocenters. The number of benzene rings is 3. The lowest BCUT2D eigenvalue weighted by molar-refractivity contribution is -0.141. The molecule has 0 saturated carbocycles. The zero-order valence-corrected chi connectivity index (χ0v) is 24.0. The van der Waals surface area contributed by atoms with E-state index >= 15 is 0 Å². The Bertz CT molecular complexity index is 1290. The smallest absolute Gasteiger partial charge is 0.243 e. The summed E-state index contributed by atoms with van der Waals surface area (Å²) in [6, 6.07) is 19.9. The molecule has 206 valence electrons. The van der Waals surface area contributed by atoms with E-state index in [1.54, 1.807) is 23.1 Å². The summed E-state index contributed by atoms with van der Waals surface area (Å²) in [7, 11) is 0. The zero-order chi connectivity index (χ0) is 28.0. The molecular weight excluding hydrogens is 535 g/mol. The van der Waals surface area contributed by atoms with E-state index in [1.165, 1.54) is 0 Å². The van der Waals surface area contributed by atoms with Gasteiger partial charge in [0.25, 0.3) is 0 Å². The van der Waals surface area contributed by atoms with Crippen LogP contribution in [0.3, 0.4) is 0 Å². The molecule has 0 unspecified atom stereocenters. The Morgan fingerprint density at radius 3 is 2.23 bits per heavy atom. The van der Waals surface area contributed by atoms with Crippen molar-refractivity contribution in [3.63, 3.8) is 0 Å². The minimum atomic E-state index is -0.772. The van der Waals surface area contributed by atoms with E-state index in [1.807, 2.05) is 69.3 Å². The molecule has 0 spiro atoms. The lowest BCUT2D eigenvalue weighted by atomic mass is 9.99. The molecule has 0 bridgehead atoms. The average molecular weight is 570 g/mol. The van der Waals surface area contributed by atoms with E-state index in [0.29, 0.717) is 53.2 Å². The molecule has 3 aromatic rings. The minimum Gasteiger partial charge on any atom is -0.486 e. The van der Waals surface area contributed by atoms with Gasteiger partial charge in [-0.2, -0.15) is 0 Å². The normalized spacial score (nSPS) is 13.5. The Morgan fingerprint density at radius 1 is 0.897 bits per heavy atom. The van der Waals surface area contributed by atoms with Crippen molar-refractivity contribution in [3.8, 4) is 11.5 Å². The fourth-order valence-electron chi connectivity index (χ4n) is 4.50. The predicted molar refractivity (Wildman–Crippen MR) is 155 cm³/mol. The van der Waals surface area contributed by atoms with Crippen LogP contribution in [0.25, 0.3) is 0 Å². The molecule has 0 aliphatic carbocycles. The number of fused-ring (bicyclic) bond motifs is 1. The summed E-state index contributed by atoms with van der Waals surface area (Å²) >= 11 is 13.0. The van der Waals surface area contributed by atoms with Crippen LogP contribution in [0.4, 0.5) is 0 Å². The Hall–Kier alpha value is -3.22. The molecule has 0 radical (unpaired) electrons. The first-order chi connectivity index (χ1) is 18.6. The van der Waals surface area contributed by atoms with Crippen molar-refractivity contribution in [2.75, 3.05) is 13.2 Å². The van der Waals surface area contributed by atoms with Gasteiger partial charge in [-0.1, -0.05) is 65.7 Å². The van der Waals surface area contributed by atoms with Crippen LogP contribution in [0.5, 0.6) is 11.5 Å². The van der Waals surface area contributed by atoms with Crippen LogP contribution < -0.4 is 14.8 Å². The molecule has 1 heterocycles. The summed E-state index contributed by atoms with van der Waals surface area (Å²) in [6.07, 6.45) is 1.01. The Labute approximate surface area is 240 Å². The molecule has 0 aromatic heterocycles. The zero-order valence-electron chi connectivity index (χ0n) is 22.5. The van der Waals surface area contributed by atoms with E-state index in [4.69, 9.17) is 32.7 Å². The molecule has 6 nitrogen and oxygen atoms in total. The van der Waals surface area contributed by atoms with Crippen molar-refractivity contribution >= 4 is 35.0 Å². The van der Waals surface area contributed by atoms with Crippen LogP contribution >= 0.6 is 23.2 Å². The fraction of sp³-hybridized carbons (Fsp3) is 0.355. The van der Waals surface area contributed by atoms with Crippen molar-refractivity contribution in [1.82, 2.24) is 10.2 Å². The van der Waals surface area contributed by atoms with Gasteiger partial charge >= 0.3 is 0 Å². The number of rotatable bonds is 9. The largest absolute Gasteiger partial charge is 0.486 e. The molecule has 3 aromatic carbocycles. The number of nitrogens with one attached hydrogen (secondary N) is 1. The number of aryl methyl sites for hydroxylation is 1. The van der Waals surface area contributed by atoms with Crippen LogP contribution in [0.15, 0.2) is 66.7 Å². The first kappa shape index (κ1) is 28.8. The third kappa shape index (κ3) is 7.90. The molecule has 1 N–H and O–H groups in total. The van der Waals surface area contributed by atoms with Crippen molar-refractivity contribution < 1.29 is 19.1 Å². The minimum absolute atomic E-state index is 0.105. The maximum Gasteiger partial charge on any atom is 0.243 e. The quantitative estimate of drug-likeness (QED) is 0.331. The van der Waals surface area contributed by atoms with Crippen LogP contribution in [0, 0.1) is 0 Å². The van der Waals surface area contributed by atoms with Gasteiger partial charge in [0.05, 0.1) is 0 Å². The summed E-state index contributed by atoms with van der Waals surface area (Å²) in [5, 5.41) is 3.96. The topological polar surface area (TPSA) is 67.9 Å². The molecule has 0 saturated heterocycles. The summed E-state index contributed by atoms with van der Waals surface area (Å²) in [4.78, 5) is 29.3. The highest BCUT2D eigenvalue weighted by molar-refractivity contribution is 6.36. The van der Waals surface area contributed by atoms with Gasteiger partial charge in [0, 0.05) is 40.5 Å². The maximum atomic E-state index is 13.9. The van der Waals surface area contributed by atoms with Gasteiger partial charge in [-0.05, 0) is 62.6 Å². The van der Waals surface area contributed by atoms with Crippen LogP contribution in [0.1, 0.15) is 43.9 Å². The fourth-order valence-corrected chi connectivity index (χ4v) is 5.02. The summed E-state index contributed by atoms with van der Waals surface area (Å²) in [5.74, 6) is 0.971. The summed E-state index contributed by atoms with van der Waals surface area (Å²) < 4.78 is 11.3. The van der Waals surface area contributed by atoms with Crippen LogP contribution in [-0.4, -0.2) is 41.5 Å². The van der Waals surface area contributed by atoms with Gasteiger partial charge < -0.3 is 19.7 Å². The summed E-state index contributed by atoms with van der Waals surface area (Å²) in [6.45, 7) is 6.87. The van der Waals surface area contributed by atoms with Crippen LogP contribution in [0.2, 0.25) is 10.0 Å². The van der Waals surface area contributed by atoms with Gasteiger partial charge in [-0.3, -0.25) is 9.59 Å². The van der Waals surface area contributed by atoms with Crippen molar-refractivity contribution in [3.05, 3.63) is 93.5 Å². The Balaban J connectivity index is 1.65. The highest BCUT2D eigenvalue weighted by Crippen LogP contribution is 2.32. The molecule has 1 aliphatic rings. The van der Waals surface area contributed by atoms with E-state index in [-0.39, 0.29) is 24.8 Å². The van der Waals surface area contributed by atoms with Gasteiger partial charge in [0.15, 0.2) is 11.5 Å². The number of halogens is 2.